The first-order valence-electron chi connectivity index (χ1n) is 6.83. The molecule has 1 nitrogen and oxygen atoms in total. The molecule has 0 spiro atoms. The summed E-state index contributed by atoms with van der Waals surface area (Å²) in [5, 5.41) is 3.67. The fraction of sp³-hybridized carbons (Fsp3) is 0.294. The maximum Gasteiger partial charge on any atom is 0.0576 e. The van der Waals surface area contributed by atoms with E-state index in [4.69, 9.17) is 0 Å². The van der Waals surface area contributed by atoms with Crippen molar-refractivity contribution in [3.63, 3.8) is 0 Å². The van der Waals surface area contributed by atoms with Crippen molar-refractivity contribution in [1.29, 1.82) is 0 Å². The van der Waals surface area contributed by atoms with E-state index < -0.39 is 0 Å². The zero-order chi connectivity index (χ0) is 13.3. The summed E-state index contributed by atoms with van der Waals surface area (Å²) in [6.45, 7) is 3.24. The smallest absolute Gasteiger partial charge is 0.0576 e. The quantitative estimate of drug-likeness (QED) is 0.760. The Balaban J connectivity index is 2.10. The highest BCUT2D eigenvalue weighted by molar-refractivity contribution is 7.99. The number of benzene rings is 2. The van der Waals surface area contributed by atoms with Crippen LogP contribution in [0.15, 0.2) is 60.7 Å². The Kier molecular flexibility index (Phi) is 5.99. The topological polar surface area (TPSA) is 12.0 Å². The molecule has 0 saturated heterocycles. The third kappa shape index (κ3) is 4.41. The van der Waals surface area contributed by atoms with Gasteiger partial charge in [-0.3, -0.25) is 0 Å². The molecule has 0 aliphatic rings. The van der Waals surface area contributed by atoms with Crippen LogP contribution in [0.4, 0.5) is 0 Å². The number of hydrogen-bond donors (Lipinski definition) is 1. The van der Waals surface area contributed by atoms with Crippen molar-refractivity contribution in [2.45, 2.75) is 13.0 Å². The molecular weight excluding hydrogens is 250 g/mol. The van der Waals surface area contributed by atoms with Gasteiger partial charge < -0.3 is 5.32 Å². The van der Waals surface area contributed by atoms with Gasteiger partial charge in [-0.25, -0.2) is 0 Å². The molecule has 0 atom stereocenters. The molecule has 0 bridgehead atoms. The Bertz CT molecular complexity index is 416. The van der Waals surface area contributed by atoms with Gasteiger partial charge in [0.25, 0.3) is 0 Å². The van der Waals surface area contributed by atoms with Crippen LogP contribution in [0.25, 0.3) is 0 Å². The molecule has 100 valence electrons. The first-order valence-corrected chi connectivity index (χ1v) is 7.98. The largest absolute Gasteiger partial charge is 0.305 e. The summed E-state index contributed by atoms with van der Waals surface area (Å²) in [5.74, 6) is 2.34. The van der Waals surface area contributed by atoms with Gasteiger partial charge in [-0.1, -0.05) is 67.6 Å². The first-order chi connectivity index (χ1) is 9.42. The molecule has 1 N–H and O–H groups in total. The van der Waals surface area contributed by atoms with Crippen LogP contribution in [0.3, 0.4) is 0 Å². The fourth-order valence-electron chi connectivity index (χ4n) is 2.14. The Morgan fingerprint density at radius 1 is 0.895 bits per heavy atom. The molecule has 2 heteroatoms. The van der Waals surface area contributed by atoms with Crippen LogP contribution in [0.1, 0.15) is 24.1 Å². The highest BCUT2D eigenvalue weighted by Gasteiger charge is 2.12. The van der Waals surface area contributed by atoms with Crippen LogP contribution in [-0.4, -0.2) is 18.1 Å². The monoisotopic (exact) mass is 271 g/mol. The van der Waals surface area contributed by atoms with Gasteiger partial charge in [0.05, 0.1) is 6.04 Å². The summed E-state index contributed by atoms with van der Waals surface area (Å²) < 4.78 is 0. The van der Waals surface area contributed by atoms with Crippen LogP contribution in [0.2, 0.25) is 0 Å². The Labute approximate surface area is 120 Å². The van der Waals surface area contributed by atoms with E-state index in [0.717, 1.165) is 12.3 Å². The molecule has 0 amide bonds. The molecule has 0 aliphatic carbocycles. The molecule has 0 fully saturated rings. The van der Waals surface area contributed by atoms with Crippen molar-refractivity contribution < 1.29 is 0 Å². The van der Waals surface area contributed by atoms with Gasteiger partial charge >= 0.3 is 0 Å². The van der Waals surface area contributed by atoms with Crippen molar-refractivity contribution in [2.75, 3.05) is 18.1 Å². The van der Waals surface area contributed by atoms with Crippen LogP contribution in [0.5, 0.6) is 0 Å². The lowest BCUT2D eigenvalue weighted by atomic mass is 9.99. The number of hydrogen-bond acceptors (Lipinski definition) is 2. The van der Waals surface area contributed by atoms with Crippen LogP contribution >= 0.6 is 11.8 Å². The highest BCUT2D eigenvalue weighted by atomic mass is 32.2. The van der Waals surface area contributed by atoms with Crippen LogP contribution in [0, 0.1) is 0 Å². The van der Waals surface area contributed by atoms with E-state index >= 15 is 0 Å². The van der Waals surface area contributed by atoms with Gasteiger partial charge in [0.2, 0.25) is 0 Å². The normalized spacial score (nSPS) is 10.8. The van der Waals surface area contributed by atoms with Gasteiger partial charge in [-0.15, -0.1) is 0 Å². The van der Waals surface area contributed by atoms with E-state index in [1.165, 1.54) is 16.9 Å². The first kappa shape index (κ1) is 14.2. The third-order valence-electron chi connectivity index (χ3n) is 3.06. The molecule has 0 unspecified atom stereocenters. The standard InChI is InChI=1S/C17H21NS/c1-2-19-14-13-18-17(15-9-5-3-6-10-15)16-11-7-4-8-12-16/h3-12,17-18H,2,13-14H2,1H3. The van der Waals surface area contributed by atoms with Crippen molar-refractivity contribution >= 4 is 11.8 Å². The average molecular weight is 271 g/mol. The number of rotatable bonds is 7. The molecule has 2 rings (SSSR count). The molecule has 2 aromatic rings. The van der Waals surface area contributed by atoms with Crippen LogP contribution < -0.4 is 5.32 Å². The molecule has 0 heterocycles. The molecule has 0 aromatic heterocycles. The molecule has 0 radical (unpaired) electrons. The summed E-state index contributed by atoms with van der Waals surface area (Å²) in [7, 11) is 0. The van der Waals surface area contributed by atoms with E-state index in [9.17, 15) is 0 Å². The van der Waals surface area contributed by atoms with E-state index in [-0.39, 0.29) is 0 Å². The van der Waals surface area contributed by atoms with Crippen molar-refractivity contribution in [3.05, 3.63) is 71.8 Å². The third-order valence-corrected chi connectivity index (χ3v) is 3.97. The lowest BCUT2D eigenvalue weighted by Gasteiger charge is -2.19. The van der Waals surface area contributed by atoms with Crippen molar-refractivity contribution in [2.24, 2.45) is 0 Å². The second kappa shape index (κ2) is 8.03. The van der Waals surface area contributed by atoms with E-state index in [2.05, 4.69) is 72.9 Å². The van der Waals surface area contributed by atoms with Gasteiger partial charge in [0.15, 0.2) is 0 Å². The average Bonchev–Trinajstić information content (AvgIpc) is 2.49. The fourth-order valence-corrected chi connectivity index (χ4v) is 2.69. The Morgan fingerprint density at radius 3 is 1.89 bits per heavy atom. The lowest BCUT2D eigenvalue weighted by Crippen LogP contribution is -2.24. The summed E-state index contributed by atoms with van der Waals surface area (Å²) in [5.41, 5.74) is 2.66. The minimum Gasteiger partial charge on any atom is -0.305 e. The number of thioether (sulfide) groups is 1. The SMILES string of the molecule is CCSCCNC(c1ccccc1)c1ccccc1. The maximum atomic E-state index is 3.67. The van der Waals surface area contributed by atoms with E-state index in [1.807, 2.05) is 11.8 Å². The summed E-state index contributed by atoms with van der Waals surface area (Å²) in [4.78, 5) is 0. The van der Waals surface area contributed by atoms with Crippen molar-refractivity contribution in [3.8, 4) is 0 Å². The molecule has 0 saturated carbocycles. The molecule has 19 heavy (non-hydrogen) atoms. The van der Waals surface area contributed by atoms with E-state index in [1.54, 1.807) is 0 Å². The highest BCUT2D eigenvalue weighted by Crippen LogP contribution is 2.21. The van der Waals surface area contributed by atoms with Gasteiger partial charge in [0.1, 0.15) is 0 Å². The minimum absolute atomic E-state index is 0.292. The van der Waals surface area contributed by atoms with Gasteiger partial charge in [-0.05, 0) is 16.9 Å². The predicted octanol–water partition coefficient (Wildman–Crippen LogP) is 4.12. The second-order valence-electron chi connectivity index (χ2n) is 4.41. The van der Waals surface area contributed by atoms with Crippen molar-refractivity contribution in [1.82, 2.24) is 5.32 Å². The van der Waals surface area contributed by atoms with E-state index in [0.29, 0.717) is 6.04 Å². The zero-order valence-electron chi connectivity index (χ0n) is 11.4. The lowest BCUT2D eigenvalue weighted by molar-refractivity contribution is 0.634. The maximum absolute atomic E-state index is 3.67. The predicted molar refractivity (Wildman–Crippen MR) is 85.7 cm³/mol. The molecule has 2 aromatic carbocycles. The Morgan fingerprint density at radius 2 is 1.42 bits per heavy atom. The molecular formula is C17H21NS. The summed E-state index contributed by atoms with van der Waals surface area (Å²) in [6, 6.07) is 21.6. The summed E-state index contributed by atoms with van der Waals surface area (Å²) in [6.07, 6.45) is 0. The number of nitrogens with one attached hydrogen (secondary N) is 1. The molecule has 0 aliphatic heterocycles. The van der Waals surface area contributed by atoms with Gasteiger partial charge in [0, 0.05) is 12.3 Å². The van der Waals surface area contributed by atoms with Crippen LogP contribution in [-0.2, 0) is 0 Å². The zero-order valence-corrected chi connectivity index (χ0v) is 12.2. The van der Waals surface area contributed by atoms with Gasteiger partial charge in [-0.2, -0.15) is 11.8 Å². The second-order valence-corrected chi connectivity index (χ2v) is 5.80. The minimum atomic E-state index is 0.292. The summed E-state index contributed by atoms with van der Waals surface area (Å²) >= 11 is 1.98. The Hall–Kier alpha value is -1.25.